The summed E-state index contributed by atoms with van der Waals surface area (Å²) in [5, 5.41) is 4.00. The fourth-order valence-corrected chi connectivity index (χ4v) is 2.70. The van der Waals surface area contributed by atoms with Crippen molar-refractivity contribution in [2.75, 3.05) is 5.32 Å². The molecule has 0 atom stereocenters. The van der Waals surface area contributed by atoms with Gasteiger partial charge in [-0.3, -0.25) is 0 Å². The predicted molar refractivity (Wildman–Crippen MR) is 72.7 cm³/mol. The van der Waals surface area contributed by atoms with Crippen LogP contribution >= 0.6 is 22.9 Å². The zero-order chi connectivity index (χ0) is 12.5. The maximum Gasteiger partial charge on any atom is 0.183 e. The highest BCUT2D eigenvalue weighted by Crippen LogP contribution is 2.23. The number of fused-ring (bicyclic) bond motifs is 1. The number of hydrogen-bond acceptors (Lipinski definition) is 3. The second-order valence-electron chi connectivity index (χ2n) is 3.83. The highest BCUT2D eigenvalue weighted by molar-refractivity contribution is 7.15. The van der Waals surface area contributed by atoms with Crippen LogP contribution in [0.15, 0.2) is 30.6 Å². The van der Waals surface area contributed by atoms with Crippen molar-refractivity contribution < 1.29 is 4.39 Å². The quantitative estimate of drug-likeness (QED) is 0.761. The molecule has 2 N–H and O–H groups in total. The van der Waals surface area contributed by atoms with E-state index in [2.05, 4.69) is 15.3 Å². The molecule has 0 amide bonds. The molecule has 92 valence electrons. The number of anilines is 1. The summed E-state index contributed by atoms with van der Waals surface area (Å²) in [5.74, 6) is -0.262. The topological polar surface area (TPSA) is 40.7 Å². The number of H-pyrrole nitrogens is 1. The Kier molecular flexibility index (Phi) is 2.93. The molecule has 0 saturated heterocycles. The summed E-state index contributed by atoms with van der Waals surface area (Å²) in [6.07, 6.45) is 3.44. The molecule has 0 spiro atoms. The van der Waals surface area contributed by atoms with Gasteiger partial charge < -0.3 is 10.3 Å². The Balaban J connectivity index is 1.82. The van der Waals surface area contributed by atoms with Crippen molar-refractivity contribution in [3.05, 3.63) is 45.8 Å². The van der Waals surface area contributed by atoms with Gasteiger partial charge in [-0.1, -0.05) is 11.6 Å². The molecule has 1 aromatic carbocycles. The molecule has 0 fully saturated rings. The van der Waals surface area contributed by atoms with Crippen LogP contribution in [0.25, 0.3) is 10.9 Å². The molecule has 0 aliphatic heterocycles. The van der Waals surface area contributed by atoms with Crippen molar-refractivity contribution in [3.8, 4) is 0 Å². The summed E-state index contributed by atoms with van der Waals surface area (Å²) in [4.78, 5) is 7.83. The van der Waals surface area contributed by atoms with E-state index >= 15 is 0 Å². The minimum absolute atomic E-state index is 0.262. The van der Waals surface area contributed by atoms with Crippen LogP contribution < -0.4 is 5.32 Å². The molecule has 3 aromatic rings. The average molecular weight is 282 g/mol. The van der Waals surface area contributed by atoms with Gasteiger partial charge >= 0.3 is 0 Å². The van der Waals surface area contributed by atoms with E-state index in [0.29, 0.717) is 16.5 Å². The molecule has 0 unspecified atom stereocenters. The van der Waals surface area contributed by atoms with E-state index in [0.717, 1.165) is 16.0 Å². The lowest BCUT2D eigenvalue weighted by molar-refractivity contribution is 0.637. The smallest absolute Gasteiger partial charge is 0.183 e. The fraction of sp³-hybridized carbons (Fsp3) is 0.0833. The summed E-state index contributed by atoms with van der Waals surface area (Å²) < 4.78 is 14.2. The molecule has 0 aliphatic rings. The molecular weight excluding hydrogens is 273 g/mol. The third-order valence-corrected chi connectivity index (χ3v) is 3.72. The molecule has 3 nitrogen and oxygen atoms in total. The van der Waals surface area contributed by atoms with Gasteiger partial charge in [-0.05, 0) is 18.2 Å². The molecule has 0 bridgehead atoms. The van der Waals surface area contributed by atoms with Gasteiger partial charge in [-0.2, -0.15) is 0 Å². The van der Waals surface area contributed by atoms with Crippen molar-refractivity contribution in [2.45, 2.75) is 6.54 Å². The molecule has 0 aliphatic carbocycles. The summed E-state index contributed by atoms with van der Waals surface area (Å²) in [6.45, 7) is 0.583. The van der Waals surface area contributed by atoms with Crippen LogP contribution in [0.4, 0.5) is 10.1 Å². The summed E-state index contributed by atoms with van der Waals surface area (Å²) in [6, 6.07) is 5.21. The van der Waals surface area contributed by atoms with Crippen LogP contribution in [-0.2, 0) is 6.54 Å². The van der Waals surface area contributed by atoms with Gasteiger partial charge in [0.2, 0.25) is 0 Å². The van der Waals surface area contributed by atoms with Crippen molar-refractivity contribution in [3.63, 3.8) is 0 Å². The Morgan fingerprint density at radius 1 is 1.44 bits per heavy atom. The SMILES string of the molecule is Fc1cc(NCc2cnc(Cl)s2)cc2cc[nH]c12. The summed E-state index contributed by atoms with van der Waals surface area (Å²) >= 11 is 7.15. The first-order valence-electron chi connectivity index (χ1n) is 5.33. The largest absolute Gasteiger partial charge is 0.380 e. The van der Waals surface area contributed by atoms with Crippen LogP contribution in [0.5, 0.6) is 0 Å². The van der Waals surface area contributed by atoms with Gasteiger partial charge in [-0.25, -0.2) is 9.37 Å². The van der Waals surface area contributed by atoms with Crippen LogP contribution in [0.2, 0.25) is 4.47 Å². The highest BCUT2D eigenvalue weighted by atomic mass is 35.5. The number of aromatic amines is 1. The molecule has 2 heterocycles. The number of nitrogens with zero attached hydrogens (tertiary/aromatic N) is 1. The van der Waals surface area contributed by atoms with Crippen LogP contribution in [-0.4, -0.2) is 9.97 Å². The highest BCUT2D eigenvalue weighted by Gasteiger charge is 2.05. The van der Waals surface area contributed by atoms with Crippen molar-refractivity contribution >= 4 is 39.5 Å². The lowest BCUT2D eigenvalue weighted by Gasteiger charge is -2.05. The van der Waals surface area contributed by atoms with E-state index in [1.54, 1.807) is 12.4 Å². The zero-order valence-corrected chi connectivity index (χ0v) is 10.8. The van der Waals surface area contributed by atoms with E-state index in [1.807, 2.05) is 12.1 Å². The van der Waals surface area contributed by atoms with E-state index in [-0.39, 0.29) is 5.82 Å². The maximum absolute atomic E-state index is 13.7. The van der Waals surface area contributed by atoms with E-state index < -0.39 is 0 Å². The van der Waals surface area contributed by atoms with Gasteiger partial charge in [0, 0.05) is 28.3 Å². The van der Waals surface area contributed by atoms with Gasteiger partial charge in [0.1, 0.15) is 5.82 Å². The standard InChI is InChI=1S/C12H9ClFN3S/c13-12-17-6-9(18-12)5-16-8-3-7-1-2-15-11(7)10(14)4-8/h1-4,6,15-16H,5H2. The Labute approximate surface area is 112 Å². The monoisotopic (exact) mass is 281 g/mol. The normalized spacial score (nSPS) is 11.0. The molecule has 0 saturated carbocycles. The minimum atomic E-state index is -0.262. The molecule has 6 heteroatoms. The third-order valence-electron chi connectivity index (χ3n) is 2.60. The van der Waals surface area contributed by atoms with E-state index in [4.69, 9.17) is 11.6 Å². The summed E-state index contributed by atoms with van der Waals surface area (Å²) in [7, 11) is 0. The fourth-order valence-electron chi connectivity index (χ4n) is 1.78. The van der Waals surface area contributed by atoms with Gasteiger partial charge in [-0.15, -0.1) is 11.3 Å². The summed E-state index contributed by atoms with van der Waals surface area (Å²) in [5.41, 5.74) is 1.27. The van der Waals surface area contributed by atoms with Gasteiger partial charge in [0.15, 0.2) is 4.47 Å². The zero-order valence-electron chi connectivity index (χ0n) is 9.21. The lowest BCUT2D eigenvalue weighted by Crippen LogP contribution is -1.97. The Morgan fingerprint density at radius 3 is 3.11 bits per heavy atom. The van der Waals surface area contributed by atoms with Crippen LogP contribution in [0, 0.1) is 5.82 Å². The Morgan fingerprint density at radius 2 is 2.33 bits per heavy atom. The second kappa shape index (κ2) is 4.59. The number of rotatable bonds is 3. The Hall–Kier alpha value is -1.59. The first-order chi connectivity index (χ1) is 8.72. The Bertz CT molecular complexity index is 692. The number of hydrogen-bond donors (Lipinski definition) is 2. The molecular formula is C12H9ClFN3S. The molecule has 3 rings (SSSR count). The van der Waals surface area contributed by atoms with Crippen molar-refractivity contribution in [1.82, 2.24) is 9.97 Å². The van der Waals surface area contributed by atoms with E-state index in [1.165, 1.54) is 17.4 Å². The second-order valence-corrected chi connectivity index (χ2v) is 5.53. The van der Waals surface area contributed by atoms with Gasteiger partial charge in [0.25, 0.3) is 0 Å². The molecule has 2 aromatic heterocycles. The number of nitrogens with one attached hydrogen (secondary N) is 2. The van der Waals surface area contributed by atoms with E-state index in [9.17, 15) is 4.39 Å². The average Bonchev–Trinajstić information content (AvgIpc) is 2.95. The third kappa shape index (κ3) is 2.19. The minimum Gasteiger partial charge on any atom is -0.380 e. The number of aromatic nitrogens is 2. The maximum atomic E-state index is 13.7. The van der Waals surface area contributed by atoms with Crippen molar-refractivity contribution in [2.24, 2.45) is 0 Å². The first kappa shape index (κ1) is 11.5. The van der Waals surface area contributed by atoms with Crippen LogP contribution in [0.1, 0.15) is 4.88 Å². The first-order valence-corrected chi connectivity index (χ1v) is 6.52. The van der Waals surface area contributed by atoms with Gasteiger partial charge in [0.05, 0.1) is 12.1 Å². The van der Waals surface area contributed by atoms with Crippen molar-refractivity contribution in [1.29, 1.82) is 0 Å². The van der Waals surface area contributed by atoms with Crippen LogP contribution in [0.3, 0.4) is 0 Å². The molecule has 0 radical (unpaired) electrons. The number of thiazole rings is 1. The molecule has 18 heavy (non-hydrogen) atoms. The number of halogens is 2. The predicted octanol–water partition coefficient (Wildman–Crippen LogP) is 4.03. The lowest BCUT2D eigenvalue weighted by atomic mass is 10.2. The number of benzene rings is 1.